The van der Waals surface area contributed by atoms with Crippen LogP contribution in [0.5, 0.6) is 0 Å². The van der Waals surface area contributed by atoms with Crippen LogP contribution in [-0.2, 0) is 12.8 Å². The molecule has 1 heterocycles. The Kier molecular flexibility index (Phi) is 5.28. The lowest BCUT2D eigenvalue weighted by Crippen LogP contribution is -2.43. The lowest BCUT2D eigenvalue weighted by Gasteiger charge is -2.10. The molecule has 8 heteroatoms. The molecule has 3 N–H and O–H groups in total. The van der Waals surface area contributed by atoms with Crippen molar-refractivity contribution in [2.75, 3.05) is 5.32 Å². The van der Waals surface area contributed by atoms with Crippen LogP contribution in [-0.4, -0.2) is 11.9 Å². The van der Waals surface area contributed by atoms with E-state index in [0.717, 1.165) is 31.2 Å². The number of hydrazine groups is 1. The molecule has 1 aromatic heterocycles. The summed E-state index contributed by atoms with van der Waals surface area (Å²) in [6.07, 6.45) is 4.06. The topological polar surface area (TPSA) is 70.2 Å². The first-order chi connectivity index (χ1) is 11.5. The summed E-state index contributed by atoms with van der Waals surface area (Å²) in [7, 11) is 0. The summed E-state index contributed by atoms with van der Waals surface area (Å²) >= 11 is 13.5. The lowest BCUT2D eigenvalue weighted by molar-refractivity contribution is 0.0942. The molecular formula is C16H15Cl2N3O2S. The van der Waals surface area contributed by atoms with Crippen LogP contribution in [0.15, 0.2) is 24.3 Å². The highest BCUT2D eigenvalue weighted by Crippen LogP contribution is 2.37. The van der Waals surface area contributed by atoms with Crippen LogP contribution in [0.1, 0.15) is 33.0 Å². The number of hydrogen-bond acceptors (Lipinski definition) is 3. The number of urea groups is 1. The maximum atomic E-state index is 12.2. The summed E-state index contributed by atoms with van der Waals surface area (Å²) in [5.41, 5.74) is 6.28. The standard InChI is InChI=1S/C16H15Cl2N3O2S/c17-9-4-3-5-10(8-9)19-16(23)21-20-15(22)14-13(18)11-6-1-2-7-12(11)24-14/h3-5,8H,1-2,6-7H2,(H,20,22)(H2,19,21,23). The fourth-order valence-electron chi connectivity index (χ4n) is 2.57. The van der Waals surface area contributed by atoms with Gasteiger partial charge in [-0.25, -0.2) is 10.2 Å². The van der Waals surface area contributed by atoms with Crippen molar-refractivity contribution in [2.45, 2.75) is 25.7 Å². The van der Waals surface area contributed by atoms with Gasteiger partial charge in [0.15, 0.2) is 0 Å². The zero-order valence-electron chi connectivity index (χ0n) is 12.6. The highest BCUT2D eigenvalue weighted by molar-refractivity contribution is 7.15. The Morgan fingerprint density at radius 3 is 2.62 bits per heavy atom. The highest BCUT2D eigenvalue weighted by Gasteiger charge is 2.23. The molecule has 1 aromatic carbocycles. The number of rotatable bonds is 2. The van der Waals surface area contributed by atoms with Gasteiger partial charge in [0.25, 0.3) is 5.91 Å². The van der Waals surface area contributed by atoms with E-state index in [9.17, 15) is 9.59 Å². The predicted molar refractivity (Wildman–Crippen MR) is 97.0 cm³/mol. The molecular weight excluding hydrogens is 369 g/mol. The van der Waals surface area contributed by atoms with Gasteiger partial charge in [-0.2, -0.15) is 0 Å². The number of carbonyl (C=O) groups is 2. The van der Waals surface area contributed by atoms with Gasteiger partial charge in [-0.15, -0.1) is 11.3 Å². The largest absolute Gasteiger partial charge is 0.337 e. The first-order valence-electron chi connectivity index (χ1n) is 7.47. The van der Waals surface area contributed by atoms with E-state index >= 15 is 0 Å². The minimum Gasteiger partial charge on any atom is -0.307 e. The lowest BCUT2D eigenvalue weighted by atomic mass is 9.99. The van der Waals surface area contributed by atoms with Gasteiger partial charge in [0.1, 0.15) is 4.88 Å². The van der Waals surface area contributed by atoms with E-state index in [4.69, 9.17) is 23.2 Å². The molecule has 0 bridgehead atoms. The number of halogens is 2. The fraction of sp³-hybridized carbons (Fsp3) is 0.250. The Balaban J connectivity index is 1.59. The van der Waals surface area contributed by atoms with Gasteiger partial charge in [0, 0.05) is 15.6 Å². The van der Waals surface area contributed by atoms with Crippen molar-refractivity contribution in [3.8, 4) is 0 Å². The monoisotopic (exact) mass is 383 g/mol. The first-order valence-corrected chi connectivity index (χ1v) is 9.05. The van der Waals surface area contributed by atoms with Gasteiger partial charge in [-0.05, 0) is 49.4 Å². The predicted octanol–water partition coefficient (Wildman–Crippen LogP) is 4.40. The number of carbonyl (C=O) groups excluding carboxylic acids is 2. The van der Waals surface area contributed by atoms with E-state index in [-0.39, 0.29) is 0 Å². The molecule has 1 aliphatic carbocycles. The van der Waals surface area contributed by atoms with Gasteiger partial charge in [0.05, 0.1) is 5.02 Å². The normalized spacial score (nSPS) is 13.1. The second-order valence-corrected chi connectivity index (χ2v) is 7.32. The second-order valence-electron chi connectivity index (χ2n) is 5.40. The van der Waals surface area contributed by atoms with Gasteiger partial charge in [-0.3, -0.25) is 10.2 Å². The number of benzene rings is 1. The molecule has 0 fully saturated rings. The second kappa shape index (κ2) is 7.42. The molecule has 24 heavy (non-hydrogen) atoms. The van der Waals surface area contributed by atoms with Crippen LogP contribution in [0.3, 0.4) is 0 Å². The molecule has 0 saturated heterocycles. The zero-order valence-corrected chi connectivity index (χ0v) is 14.9. The number of fused-ring (bicyclic) bond motifs is 1. The van der Waals surface area contributed by atoms with Crippen molar-refractivity contribution in [1.82, 2.24) is 10.9 Å². The van der Waals surface area contributed by atoms with Crippen molar-refractivity contribution in [3.63, 3.8) is 0 Å². The van der Waals surface area contributed by atoms with Crippen LogP contribution >= 0.6 is 34.5 Å². The zero-order chi connectivity index (χ0) is 17.1. The van der Waals surface area contributed by atoms with Crippen molar-refractivity contribution in [1.29, 1.82) is 0 Å². The van der Waals surface area contributed by atoms with E-state index in [1.54, 1.807) is 24.3 Å². The molecule has 5 nitrogen and oxygen atoms in total. The minimum absolute atomic E-state index is 0.416. The van der Waals surface area contributed by atoms with Crippen molar-refractivity contribution in [3.05, 3.63) is 49.6 Å². The molecule has 3 amide bonds. The fourth-order valence-corrected chi connectivity index (χ4v) is 4.41. The van der Waals surface area contributed by atoms with Crippen LogP contribution in [0.25, 0.3) is 0 Å². The van der Waals surface area contributed by atoms with Gasteiger partial charge < -0.3 is 5.32 Å². The SMILES string of the molecule is O=C(NNC(=O)c1sc2c(c1Cl)CCCC2)Nc1cccc(Cl)c1. The van der Waals surface area contributed by atoms with Gasteiger partial charge in [-0.1, -0.05) is 29.3 Å². The van der Waals surface area contributed by atoms with E-state index in [1.807, 2.05) is 0 Å². The Hall–Kier alpha value is -1.76. The number of nitrogens with one attached hydrogen (secondary N) is 3. The minimum atomic E-state index is -0.567. The third kappa shape index (κ3) is 3.83. The maximum Gasteiger partial charge on any atom is 0.337 e. The summed E-state index contributed by atoms with van der Waals surface area (Å²) in [4.78, 5) is 25.7. The van der Waals surface area contributed by atoms with Crippen LogP contribution in [0.4, 0.5) is 10.5 Å². The third-order valence-electron chi connectivity index (χ3n) is 3.69. The Morgan fingerprint density at radius 2 is 1.88 bits per heavy atom. The molecule has 0 radical (unpaired) electrons. The Bertz CT molecular complexity index is 792. The molecule has 0 aliphatic heterocycles. The van der Waals surface area contributed by atoms with Crippen LogP contribution < -0.4 is 16.2 Å². The molecule has 0 saturated carbocycles. The van der Waals surface area contributed by atoms with Crippen LogP contribution in [0, 0.1) is 0 Å². The molecule has 0 unspecified atom stereocenters. The number of aryl methyl sites for hydroxylation is 1. The summed E-state index contributed by atoms with van der Waals surface area (Å²) in [6.45, 7) is 0. The van der Waals surface area contributed by atoms with Gasteiger partial charge in [0.2, 0.25) is 0 Å². The van der Waals surface area contributed by atoms with E-state index in [0.29, 0.717) is 20.6 Å². The number of hydrogen-bond donors (Lipinski definition) is 3. The van der Waals surface area contributed by atoms with Crippen molar-refractivity contribution >= 4 is 52.2 Å². The Morgan fingerprint density at radius 1 is 1.08 bits per heavy atom. The van der Waals surface area contributed by atoms with Crippen molar-refractivity contribution < 1.29 is 9.59 Å². The summed E-state index contributed by atoms with van der Waals surface area (Å²) in [5.74, 6) is -0.416. The summed E-state index contributed by atoms with van der Waals surface area (Å²) < 4.78 is 0. The number of amides is 3. The van der Waals surface area contributed by atoms with E-state index in [1.165, 1.54) is 16.2 Å². The smallest absolute Gasteiger partial charge is 0.307 e. The van der Waals surface area contributed by atoms with Gasteiger partial charge >= 0.3 is 6.03 Å². The van der Waals surface area contributed by atoms with Crippen LogP contribution in [0.2, 0.25) is 10.0 Å². The highest BCUT2D eigenvalue weighted by atomic mass is 35.5. The van der Waals surface area contributed by atoms with Crippen molar-refractivity contribution in [2.24, 2.45) is 0 Å². The molecule has 0 atom stereocenters. The number of thiophene rings is 1. The average Bonchev–Trinajstić information content (AvgIpc) is 2.90. The average molecular weight is 384 g/mol. The van der Waals surface area contributed by atoms with E-state index < -0.39 is 11.9 Å². The van der Waals surface area contributed by atoms with E-state index in [2.05, 4.69) is 16.2 Å². The molecule has 126 valence electrons. The molecule has 3 rings (SSSR count). The Labute approximate surface area is 153 Å². The summed E-state index contributed by atoms with van der Waals surface area (Å²) in [5, 5.41) is 3.59. The quantitative estimate of drug-likeness (QED) is 0.672. The molecule has 2 aromatic rings. The molecule has 1 aliphatic rings. The number of anilines is 1. The first kappa shape index (κ1) is 17.1. The molecule has 0 spiro atoms. The summed E-state index contributed by atoms with van der Waals surface area (Å²) in [6, 6.07) is 6.15. The third-order valence-corrected chi connectivity index (χ3v) is 5.74. The maximum absolute atomic E-state index is 12.2.